The highest BCUT2D eigenvalue weighted by Crippen LogP contribution is 2.09. The predicted octanol–water partition coefficient (Wildman–Crippen LogP) is -0.830. The smallest absolute Gasteiger partial charge is 0.397 e. The maximum Gasteiger partial charge on any atom is 0.397 e. The summed E-state index contributed by atoms with van der Waals surface area (Å²) >= 11 is 0. The summed E-state index contributed by atoms with van der Waals surface area (Å²) in [6, 6.07) is 5.49. The third-order valence-electron chi connectivity index (χ3n) is 2.90. The van der Waals surface area contributed by atoms with Gasteiger partial charge in [0.05, 0.1) is 11.9 Å². The van der Waals surface area contributed by atoms with E-state index in [1.807, 2.05) is 24.3 Å². The van der Waals surface area contributed by atoms with Crippen LogP contribution in [-0.4, -0.2) is 34.8 Å². The maximum atomic E-state index is 12.0. The van der Waals surface area contributed by atoms with Gasteiger partial charge in [0.1, 0.15) is 0 Å². The fourth-order valence-corrected chi connectivity index (χ4v) is 3.55. The van der Waals surface area contributed by atoms with Gasteiger partial charge in [0.25, 0.3) is 0 Å². The zero-order valence-corrected chi connectivity index (χ0v) is 12.2. The van der Waals surface area contributed by atoms with E-state index >= 15 is 0 Å². The molecule has 20 heavy (non-hydrogen) atoms. The minimum atomic E-state index is -4.47. The van der Waals surface area contributed by atoms with Crippen molar-refractivity contribution in [2.75, 3.05) is 18.1 Å². The molecule has 0 fully saturated rings. The van der Waals surface area contributed by atoms with E-state index in [1.165, 1.54) is 0 Å². The van der Waals surface area contributed by atoms with Gasteiger partial charge in [0.15, 0.2) is 0 Å². The Balaban J connectivity index is 2.05. The average Bonchev–Trinajstić information content (AvgIpc) is 2.36. The molecule has 0 saturated carbocycles. The zero-order chi connectivity index (χ0) is 14.8. The average molecular weight is 317 g/mol. The Morgan fingerprint density at radius 3 is 2.85 bits per heavy atom. The Morgan fingerprint density at radius 2 is 2.15 bits per heavy atom. The molecule has 0 amide bonds. The molecule has 0 aromatic heterocycles. The number of rotatable bonds is 5. The van der Waals surface area contributed by atoms with Gasteiger partial charge in [-0.25, -0.2) is 4.18 Å². The van der Waals surface area contributed by atoms with Crippen LogP contribution in [0.5, 0.6) is 0 Å². The summed E-state index contributed by atoms with van der Waals surface area (Å²) in [6.07, 6.45) is 4.44. The quantitative estimate of drug-likeness (QED) is 0.542. The van der Waals surface area contributed by atoms with Crippen molar-refractivity contribution in [3.05, 3.63) is 28.6 Å². The lowest BCUT2D eigenvalue weighted by molar-refractivity contribution is 0.284. The number of nitrogens with two attached hydrogens (primary N) is 1. The fraction of sp³-hybridized carbons (Fsp3) is 0.333. The molecule has 0 spiro atoms. The van der Waals surface area contributed by atoms with Crippen molar-refractivity contribution in [2.24, 2.45) is 0 Å². The zero-order valence-electron chi connectivity index (χ0n) is 10.6. The minimum Gasteiger partial charge on any atom is -0.399 e. The van der Waals surface area contributed by atoms with Crippen LogP contribution in [0.25, 0.3) is 12.2 Å². The first kappa shape index (κ1) is 15.2. The van der Waals surface area contributed by atoms with Crippen LogP contribution >= 0.6 is 0 Å². The molecule has 8 heteroatoms. The summed E-state index contributed by atoms with van der Waals surface area (Å²) in [5.74, 6) is 0.0408. The van der Waals surface area contributed by atoms with E-state index in [4.69, 9.17) is 10.3 Å². The second-order valence-corrected chi connectivity index (χ2v) is 7.23. The number of nitrogen functional groups attached to an aromatic ring is 1. The molecule has 2 atom stereocenters. The number of hydrogen-bond donors (Lipinski definition) is 2. The number of anilines is 1. The third kappa shape index (κ3) is 4.14. The van der Waals surface area contributed by atoms with Gasteiger partial charge >= 0.3 is 10.4 Å². The molecule has 2 rings (SSSR count). The minimum absolute atomic E-state index is 0.0408. The van der Waals surface area contributed by atoms with E-state index in [2.05, 4.69) is 4.18 Å². The fourth-order valence-electron chi connectivity index (χ4n) is 1.99. The van der Waals surface area contributed by atoms with Gasteiger partial charge in [-0.1, -0.05) is 18.2 Å². The topological polar surface area (TPSA) is 107 Å². The van der Waals surface area contributed by atoms with E-state index in [1.54, 1.807) is 6.07 Å². The molecule has 0 aliphatic heterocycles. The van der Waals surface area contributed by atoms with E-state index in [9.17, 15) is 12.6 Å². The predicted molar refractivity (Wildman–Crippen MR) is 77.9 cm³/mol. The summed E-state index contributed by atoms with van der Waals surface area (Å²) in [7, 11) is -5.74. The molecule has 1 aromatic carbocycles. The number of fused-ring (bicyclic) bond motifs is 1. The van der Waals surface area contributed by atoms with Crippen molar-refractivity contribution in [3.8, 4) is 0 Å². The van der Waals surface area contributed by atoms with Gasteiger partial charge in [0.2, 0.25) is 0 Å². The van der Waals surface area contributed by atoms with E-state index < -0.39 is 21.2 Å². The number of hydrogen-bond acceptors (Lipinski definition) is 5. The molecule has 0 heterocycles. The van der Waals surface area contributed by atoms with Crippen LogP contribution in [0.2, 0.25) is 0 Å². The van der Waals surface area contributed by atoms with Gasteiger partial charge < -0.3 is 5.73 Å². The van der Waals surface area contributed by atoms with E-state index in [0.717, 1.165) is 10.4 Å². The lowest BCUT2D eigenvalue weighted by Crippen LogP contribution is -2.33. The molecule has 110 valence electrons. The van der Waals surface area contributed by atoms with E-state index in [-0.39, 0.29) is 17.6 Å². The third-order valence-corrected chi connectivity index (χ3v) is 4.94. The first-order chi connectivity index (χ1) is 9.35. The Hall–Kier alpha value is -1.22. The summed E-state index contributed by atoms with van der Waals surface area (Å²) < 4.78 is 45.4. The van der Waals surface area contributed by atoms with Crippen LogP contribution < -0.4 is 16.2 Å². The monoisotopic (exact) mass is 317 g/mol. The SMILES string of the molecule is Nc1ccc2c(c1)=CCC(S(=O)CCOS(=O)(=O)O)C=2. The lowest BCUT2D eigenvalue weighted by atomic mass is 10.1. The van der Waals surface area contributed by atoms with Crippen LogP contribution in [0.3, 0.4) is 0 Å². The normalized spacial score (nSPS) is 19.6. The van der Waals surface area contributed by atoms with E-state index in [0.29, 0.717) is 12.1 Å². The molecule has 6 nitrogen and oxygen atoms in total. The van der Waals surface area contributed by atoms with Crippen molar-refractivity contribution >= 4 is 39.0 Å². The standard InChI is InChI=1S/C12H15NO5S2/c13-11-3-1-10-8-12(4-2-9(10)7-11)19(14)6-5-18-20(15,16)17/h1-3,7-8,12H,4-6,13H2,(H,15,16,17). The molecular weight excluding hydrogens is 302 g/mol. The van der Waals surface area contributed by atoms with Gasteiger partial charge in [-0.15, -0.1) is 0 Å². The molecular formula is C12H15NO5S2. The first-order valence-electron chi connectivity index (χ1n) is 5.92. The van der Waals surface area contributed by atoms with Crippen LogP contribution in [0.1, 0.15) is 6.42 Å². The van der Waals surface area contributed by atoms with Gasteiger partial charge in [-0.05, 0) is 29.0 Å². The Kier molecular flexibility index (Phi) is 4.59. The van der Waals surface area contributed by atoms with Gasteiger partial charge in [-0.3, -0.25) is 8.76 Å². The first-order valence-corrected chi connectivity index (χ1v) is 8.66. The van der Waals surface area contributed by atoms with Gasteiger partial charge in [0, 0.05) is 22.2 Å². The van der Waals surface area contributed by atoms with Crippen LogP contribution in [0, 0.1) is 0 Å². The lowest BCUT2D eigenvalue weighted by Gasteiger charge is -2.13. The Bertz CT molecular complexity index is 742. The highest BCUT2D eigenvalue weighted by Gasteiger charge is 2.16. The molecule has 1 aliphatic rings. The van der Waals surface area contributed by atoms with Crippen molar-refractivity contribution in [1.82, 2.24) is 0 Å². The van der Waals surface area contributed by atoms with Crippen molar-refractivity contribution in [3.63, 3.8) is 0 Å². The summed E-state index contributed by atoms with van der Waals surface area (Å²) in [5, 5.41) is 1.77. The van der Waals surface area contributed by atoms with Crippen LogP contribution in [0.4, 0.5) is 5.69 Å². The summed E-state index contributed by atoms with van der Waals surface area (Å²) in [5.41, 5.74) is 6.37. The Morgan fingerprint density at radius 1 is 1.40 bits per heavy atom. The van der Waals surface area contributed by atoms with Crippen LogP contribution in [0.15, 0.2) is 18.2 Å². The second kappa shape index (κ2) is 6.04. The van der Waals surface area contributed by atoms with Crippen LogP contribution in [-0.2, 0) is 25.4 Å². The maximum absolute atomic E-state index is 12.0. The largest absolute Gasteiger partial charge is 0.399 e. The molecule has 0 saturated heterocycles. The number of benzene rings is 1. The molecule has 0 radical (unpaired) electrons. The molecule has 2 unspecified atom stereocenters. The van der Waals surface area contributed by atoms with Gasteiger partial charge in [-0.2, -0.15) is 8.42 Å². The highest BCUT2D eigenvalue weighted by atomic mass is 32.3. The highest BCUT2D eigenvalue weighted by molar-refractivity contribution is 7.86. The van der Waals surface area contributed by atoms with Crippen molar-refractivity contribution in [1.29, 1.82) is 0 Å². The van der Waals surface area contributed by atoms with Crippen molar-refractivity contribution in [2.45, 2.75) is 11.7 Å². The second-order valence-electron chi connectivity index (χ2n) is 4.37. The molecule has 1 aliphatic carbocycles. The summed E-state index contributed by atoms with van der Waals surface area (Å²) in [6.45, 7) is -0.301. The molecule has 1 aromatic rings. The Labute approximate surface area is 119 Å². The van der Waals surface area contributed by atoms with Crippen molar-refractivity contribution < 1.29 is 21.4 Å². The summed E-state index contributed by atoms with van der Waals surface area (Å²) in [4.78, 5) is 0. The molecule has 0 bridgehead atoms. The molecule has 3 N–H and O–H groups in total.